The Labute approximate surface area is 199 Å². The van der Waals surface area contributed by atoms with Gasteiger partial charge in [0.2, 0.25) is 0 Å². The highest BCUT2D eigenvalue weighted by atomic mass is 32.2. The van der Waals surface area contributed by atoms with Gasteiger partial charge in [0.15, 0.2) is 21.0 Å². The molecule has 1 saturated heterocycles. The van der Waals surface area contributed by atoms with Crippen molar-refractivity contribution in [3.8, 4) is 0 Å². The van der Waals surface area contributed by atoms with Crippen LogP contribution in [0, 0.1) is 6.92 Å². The molecule has 1 fully saturated rings. The van der Waals surface area contributed by atoms with Crippen LogP contribution in [0.1, 0.15) is 41.9 Å². The molecule has 1 aliphatic rings. The van der Waals surface area contributed by atoms with Crippen LogP contribution in [0.25, 0.3) is 11.0 Å². The van der Waals surface area contributed by atoms with E-state index in [0.717, 1.165) is 29.9 Å². The maximum absolute atomic E-state index is 13.6. The van der Waals surface area contributed by atoms with E-state index in [1.165, 1.54) is 11.0 Å². The van der Waals surface area contributed by atoms with Crippen molar-refractivity contribution in [2.75, 3.05) is 29.5 Å². The number of sulfone groups is 1. The molecule has 2 aromatic carbocycles. The molecule has 8 heteroatoms. The smallest absolute Gasteiger partial charge is 0.290 e. The van der Waals surface area contributed by atoms with Gasteiger partial charge in [-0.25, -0.2) is 8.42 Å². The number of aryl methyl sites for hydroxylation is 1. The van der Waals surface area contributed by atoms with Gasteiger partial charge in [-0.05, 0) is 62.6 Å². The van der Waals surface area contributed by atoms with Crippen molar-refractivity contribution < 1.29 is 17.6 Å². The molecular formula is C26H30N2O5S. The lowest BCUT2D eigenvalue weighted by Crippen LogP contribution is -2.41. The van der Waals surface area contributed by atoms with Crippen molar-refractivity contribution in [1.29, 1.82) is 0 Å². The molecule has 0 spiro atoms. The third-order valence-electron chi connectivity index (χ3n) is 6.42. The predicted octanol–water partition coefficient (Wildman–Crippen LogP) is 3.78. The molecule has 1 atom stereocenters. The first-order valence-electron chi connectivity index (χ1n) is 11.6. The highest BCUT2D eigenvalue weighted by Crippen LogP contribution is 2.24. The molecule has 1 amide bonds. The summed E-state index contributed by atoms with van der Waals surface area (Å²) in [5.74, 6) is -0.598. The van der Waals surface area contributed by atoms with Gasteiger partial charge < -0.3 is 14.2 Å². The fourth-order valence-electron chi connectivity index (χ4n) is 4.49. The van der Waals surface area contributed by atoms with Crippen LogP contribution in [0.2, 0.25) is 0 Å². The van der Waals surface area contributed by atoms with Crippen LogP contribution in [-0.4, -0.2) is 49.9 Å². The summed E-state index contributed by atoms with van der Waals surface area (Å²) in [6, 6.07) is 13.9. The van der Waals surface area contributed by atoms with E-state index in [4.69, 9.17) is 4.42 Å². The second-order valence-corrected chi connectivity index (χ2v) is 11.0. The Kier molecular flexibility index (Phi) is 6.79. The summed E-state index contributed by atoms with van der Waals surface area (Å²) in [7, 11) is -3.21. The Bertz CT molecular complexity index is 1360. The van der Waals surface area contributed by atoms with Crippen molar-refractivity contribution in [3.05, 3.63) is 75.6 Å². The van der Waals surface area contributed by atoms with Crippen LogP contribution in [-0.2, 0) is 16.4 Å². The number of hydrogen-bond donors (Lipinski definition) is 0. The molecule has 0 N–H and O–H groups in total. The topological polar surface area (TPSA) is 87.9 Å². The van der Waals surface area contributed by atoms with Crippen LogP contribution < -0.4 is 10.3 Å². The Morgan fingerprint density at radius 3 is 2.38 bits per heavy atom. The van der Waals surface area contributed by atoms with E-state index in [2.05, 4.69) is 18.7 Å². The number of carbonyl (C=O) groups is 1. The number of benzene rings is 2. The van der Waals surface area contributed by atoms with Gasteiger partial charge in [-0.15, -0.1) is 0 Å². The first-order valence-corrected chi connectivity index (χ1v) is 13.4. The van der Waals surface area contributed by atoms with E-state index in [1.54, 1.807) is 12.1 Å². The van der Waals surface area contributed by atoms with Crippen LogP contribution in [0.3, 0.4) is 0 Å². The zero-order valence-corrected chi connectivity index (χ0v) is 20.6. The quantitative estimate of drug-likeness (QED) is 0.509. The van der Waals surface area contributed by atoms with Gasteiger partial charge in [-0.1, -0.05) is 18.2 Å². The molecule has 7 nitrogen and oxygen atoms in total. The second-order valence-electron chi connectivity index (χ2n) is 8.80. The minimum absolute atomic E-state index is 0.0448. The van der Waals surface area contributed by atoms with Crippen molar-refractivity contribution >= 4 is 32.4 Å². The Balaban J connectivity index is 1.68. The van der Waals surface area contributed by atoms with E-state index in [1.807, 2.05) is 37.3 Å². The van der Waals surface area contributed by atoms with Gasteiger partial charge >= 0.3 is 0 Å². The lowest BCUT2D eigenvalue weighted by Gasteiger charge is -2.28. The second kappa shape index (κ2) is 9.62. The average molecular weight is 483 g/mol. The van der Waals surface area contributed by atoms with Crippen molar-refractivity contribution in [1.82, 2.24) is 4.90 Å². The van der Waals surface area contributed by atoms with Crippen LogP contribution in [0.4, 0.5) is 5.69 Å². The number of anilines is 1. The zero-order valence-electron chi connectivity index (χ0n) is 19.8. The summed E-state index contributed by atoms with van der Waals surface area (Å²) >= 11 is 0. The Morgan fingerprint density at radius 1 is 1.06 bits per heavy atom. The summed E-state index contributed by atoms with van der Waals surface area (Å²) in [6.07, 6.45) is 0.364. The highest BCUT2D eigenvalue weighted by molar-refractivity contribution is 7.91. The zero-order chi connectivity index (χ0) is 24.5. The minimum atomic E-state index is -3.21. The number of fused-ring (bicyclic) bond motifs is 1. The minimum Gasteiger partial charge on any atom is -0.451 e. The third kappa shape index (κ3) is 5.01. The van der Waals surface area contributed by atoms with Crippen LogP contribution in [0.5, 0.6) is 0 Å². The molecule has 0 aliphatic carbocycles. The number of hydrogen-bond acceptors (Lipinski definition) is 6. The fourth-order valence-corrected chi connectivity index (χ4v) is 6.23. The molecule has 34 heavy (non-hydrogen) atoms. The van der Waals surface area contributed by atoms with Crippen LogP contribution in [0.15, 0.2) is 57.7 Å². The summed E-state index contributed by atoms with van der Waals surface area (Å²) in [4.78, 5) is 30.0. The van der Waals surface area contributed by atoms with Gasteiger partial charge in [-0.3, -0.25) is 9.59 Å². The van der Waals surface area contributed by atoms with Gasteiger partial charge in [0.25, 0.3) is 5.91 Å². The summed E-state index contributed by atoms with van der Waals surface area (Å²) in [5.41, 5.74) is 2.93. The summed E-state index contributed by atoms with van der Waals surface area (Å²) in [6.45, 7) is 8.08. The molecule has 1 aromatic heterocycles. The maximum atomic E-state index is 13.6. The van der Waals surface area contributed by atoms with Gasteiger partial charge in [0.05, 0.1) is 16.9 Å². The summed E-state index contributed by atoms with van der Waals surface area (Å²) in [5, 5.41) is 0.407. The predicted molar refractivity (Wildman–Crippen MR) is 134 cm³/mol. The molecular weight excluding hydrogens is 452 g/mol. The standard InChI is InChI=1S/C26H30N2O5S/c1-4-27(5-2)20-9-7-19(8-10-20)16-28(21-12-13-34(31,32)17-21)26(30)25-15-23(29)22-11-6-18(3)14-24(22)33-25/h6-11,14-15,21H,4-5,12-13,16-17H2,1-3H3/t21-/m1/s1. The van der Waals surface area contributed by atoms with E-state index in [9.17, 15) is 18.0 Å². The average Bonchev–Trinajstić information content (AvgIpc) is 3.17. The SMILES string of the molecule is CCN(CC)c1ccc(CN(C(=O)c2cc(=O)c3ccc(C)cc3o2)[C@@H]2CCS(=O)(=O)C2)cc1. The van der Waals surface area contributed by atoms with E-state index < -0.39 is 21.8 Å². The molecule has 4 rings (SSSR count). The normalized spacial score (nSPS) is 17.1. The molecule has 180 valence electrons. The molecule has 0 bridgehead atoms. The third-order valence-corrected chi connectivity index (χ3v) is 8.17. The van der Waals surface area contributed by atoms with Gasteiger partial charge in [0, 0.05) is 37.4 Å². The van der Waals surface area contributed by atoms with Crippen molar-refractivity contribution in [3.63, 3.8) is 0 Å². The van der Waals surface area contributed by atoms with Crippen LogP contribution >= 0.6 is 0 Å². The Hall–Kier alpha value is -3.13. The first-order chi connectivity index (χ1) is 16.2. The largest absolute Gasteiger partial charge is 0.451 e. The lowest BCUT2D eigenvalue weighted by molar-refractivity contribution is 0.0648. The molecule has 0 unspecified atom stereocenters. The van der Waals surface area contributed by atoms with E-state index >= 15 is 0 Å². The molecule has 2 heterocycles. The van der Waals surface area contributed by atoms with Crippen molar-refractivity contribution in [2.24, 2.45) is 0 Å². The number of carbonyl (C=O) groups excluding carboxylic acids is 1. The molecule has 3 aromatic rings. The van der Waals surface area contributed by atoms with Gasteiger partial charge in [-0.2, -0.15) is 0 Å². The lowest BCUT2D eigenvalue weighted by atomic mass is 10.1. The molecule has 0 saturated carbocycles. The van der Waals surface area contributed by atoms with Crippen molar-refractivity contribution in [2.45, 2.75) is 39.8 Å². The van der Waals surface area contributed by atoms with E-state index in [-0.39, 0.29) is 29.2 Å². The molecule has 0 radical (unpaired) electrons. The molecule has 1 aliphatic heterocycles. The fraction of sp³-hybridized carbons (Fsp3) is 0.385. The maximum Gasteiger partial charge on any atom is 0.290 e. The highest BCUT2D eigenvalue weighted by Gasteiger charge is 2.36. The number of amides is 1. The van der Waals surface area contributed by atoms with E-state index in [0.29, 0.717) is 17.4 Å². The Morgan fingerprint density at radius 2 is 1.76 bits per heavy atom. The number of rotatable bonds is 7. The van der Waals surface area contributed by atoms with Gasteiger partial charge in [0.1, 0.15) is 5.58 Å². The number of nitrogens with zero attached hydrogens (tertiary/aromatic N) is 2. The monoisotopic (exact) mass is 482 g/mol. The first kappa shape index (κ1) is 24.0. The summed E-state index contributed by atoms with van der Waals surface area (Å²) < 4.78 is 30.2.